The fourth-order valence-corrected chi connectivity index (χ4v) is 4.04. The fraction of sp³-hybridized carbons (Fsp3) is 0.450. The number of hydrogen-bond donors (Lipinski definition) is 1. The summed E-state index contributed by atoms with van der Waals surface area (Å²) in [6.45, 7) is 8.31. The molecule has 2 fully saturated rings. The Morgan fingerprint density at radius 3 is 2.55 bits per heavy atom. The quantitative estimate of drug-likeness (QED) is 0.753. The maximum absolute atomic E-state index is 13.3. The lowest BCUT2D eigenvalue weighted by Crippen LogP contribution is -2.64. The summed E-state index contributed by atoms with van der Waals surface area (Å²) < 4.78 is 13.3. The Balaban J connectivity index is 1.60. The van der Waals surface area contributed by atoms with Gasteiger partial charge in [-0.15, -0.1) is 6.58 Å². The molecule has 2 atom stereocenters. The van der Waals surface area contributed by atoms with Crippen LogP contribution in [0.15, 0.2) is 41.9 Å². The van der Waals surface area contributed by atoms with Crippen molar-refractivity contribution < 1.29 is 14.0 Å². The molecule has 3 heterocycles. The molecule has 0 aliphatic carbocycles. The second kappa shape index (κ2) is 7.82. The highest BCUT2D eigenvalue weighted by atomic mass is 19.1. The summed E-state index contributed by atoms with van der Waals surface area (Å²) in [4.78, 5) is 37.4. The minimum absolute atomic E-state index is 0.305. The molecule has 0 radical (unpaired) electrons. The van der Waals surface area contributed by atoms with Gasteiger partial charge in [-0.25, -0.2) is 14.2 Å². The van der Waals surface area contributed by atoms with Crippen molar-refractivity contribution in [3.05, 3.63) is 48.3 Å². The largest absolute Gasteiger partial charge is 0.340 e. The minimum atomic E-state index is -0.607. The van der Waals surface area contributed by atoms with Gasteiger partial charge in [-0.3, -0.25) is 15.0 Å². The van der Waals surface area contributed by atoms with E-state index < -0.39 is 18.2 Å². The van der Waals surface area contributed by atoms with E-state index in [-0.39, 0.29) is 11.7 Å². The molecule has 29 heavy (non-hydrogen) atoms. The van der Waals surface area contributed by atoms with Gasteiger partial charge in [0, 0.05) is 46.3 Å². The van der Waals surface area contributed by atoms with Gasteiger partial charge < -0.3 is 14.7 Å². The van der Waals surface area contributed by atoms with Gasteiger partial charge >= 0.3 is 6.03 Å². The Morgan fingerprint density at radius 2 is 1.90 bits per heavy atom. The van der Waals surface area contributed by atoms with E-state index >= 15 is 0 Å². The number of likely N-dealkylation sites (N-methyl/N-ethyl adjacent to an activating group) is 1. The number of halogens is 1. The molecule has 1 aromatic carbocycles. The van der Waals surface area contributed by atoms with E-state index in [1.54, 1.807) is 19.2 Å². The van der Waals surface area contributed by atoms with Gasteiger partial charge in [0.05, 0.1) is 0 Å². The molecule has 4 rings (SSSR count). The van der Waals surface area contributed by atoms with Crippen LogP contribution in [0.25, 0.3) is 0 Å². The Kier molecular flexibility index (Phi) is 5.23. The molecule has 1 N–H and O–H groups in total. The van der Waals surface area contributed by atoms with Crippen LogP contribution in [0.2, 0.25) is 0 Å². The number of nitrogens with zero attached hydrogens (tertiary/aromatic N) is 5. The number of benzene rings is 1. The summed E-state index contributed by atoms with van der Waals surface area (Å²) in [6.07, 6.45) is 1.32. The first kappa shape index (κ1) is 19.4. The number of rotatable bonds is 4. The highest BCUT2D eigenvalue weighted by Crippen LogP contribution is 2.27. The van der Waals surface area contributed by atoms with Crippen molar-refractivity contribution in [1.82, 2.24) is 24.9 Å². The number of carbonyl (C=O) groups excluding carboxylic acids is 2. The van der Waals surface area contributed by atoms with Gasteiger partial charge in [0.2, 0.25) is 0 Å². The molecule has 154 valence electrons. The van der Waals surface area contributed by atoms with Gasteiger partial charge in [-0.2, -0.15) is 0 Å². The second-order valence-electron chi connectivity index (χ2n) is 7.52. The molecule has 0 saturated carbocycles. The van der Waals surface area contributed by atoms with Crippen molar-refractivity contribution in [2.24, 2.45) is 4.99 Å². The standard InChI is InChI=1S/C20H25FN6O2/c1-3-8-25-9-11-26(12-10-25)19-22-17-16(18(28)23-20(29)24(17)2)27(19)13-14-4-6-15(21)7-5-14/h3-7,16-17H,1,8-13H2,2H3,(H,23,28,29). The molecular formula is C20H25FN6O2. The summed E-state index contributed by atoms with van der Waals surface area (Å²) in [5.41, 5.74) is 0.873. The van der Waals surface area contributed by atoms with Gasteiger partial charge in [0.15, 0.2) is 18.2 Å². The Bertz CT molecular complexity index is 834. The minimum Gasteiger partial charge on any atom is -0.340 e. The molecule has 3 aliphatic rings. The van der Waals surface area contributed by atoms with E-state index in [1.165, 1.54) is 17.0 Å². The van der Waals surface area contributed by atoms with E-state index in [4.69, 9.17) is 4.99 Å². The maximum Gasteiger partial charge on any atom is 0.325 e. The average molecular weight is 400 g/mol. The smallest absolute Gasteiger partial charge is 0.325 e. The lowest BCUT2D eigenvalue weighted by atomic mass is 10.1. The third-order valence-electron chi connectivity index (χ3n) is 5.65. The molecule has 2 saturated heterocycles. The van der Waals surface area contributed by atoms with Crippen molar-refractivity contribution in [1.29, 1.82) is 0 Å². The predicted molar refractivity (Wildman–Crippen MR) is 106 cm³/mol. The third kappa shape index (κ3) is 3.69. The number of carbonyl (C=O) groups is 2. The van der Waals surface area contributed by atoms with Gasteiger partial charge in [-0.05, 0) is 17.7 Å². The summed E-state index contributed by atoms with van der Waals surface area (Å²) >= 11 is 0. The summed E-state index contributed by atoms with van der Waals surface area (Å²) in [6, 6.07) is 5.17. The summed E-state index contributed by atoms with van der Waals surface area (Å²) in [5, 5.41) is 2.41. The van der Waals surface area contributed by atoms with Crippen LogP contribution < -0.4 is 5.32 Å². The molecular weight excluding hydrogens is 375 g/mol. The van der Waals surface area contributed by atoms with E-state index in [0.717, 1.165) is 38.3 Å². The first-order valence-corrected chi connectivity index (χ1v) is 9.72. The molecule has 8 nitrogen and oxygen atoms in total. The first-order chi connectivity index (χ1) is 14.0. The van der Waals surface area contributed by atoms with E-state index in [0.29, 0.717) is 12.5 Å². The zero-order valence-electron chi connectivity index (χ0n) is 16.4. The van der Waals surface area contributed by atoms with Gasteiger partial charge in [0.25, 0.3) is 5.91 Å². The zero-order valence-corrected chi connectivity index (χ0v) is 16.4. The zero-order chi connectivity index (χ0) is 20.5. The highest BCUT2D eigenvalue weighted by molar-refractivity contribution is 6.03. The van der Waals surface area contributed by atoms with Crippen LogP contribution in [0.3, 0.4) is 0 Å². The van der Waals surface area contributed by atoms with Crippen LogP contribution in [0, 0.1) is 5.82 Å². The van der Waals surface area contributed by atoms with Crippen LogP contribution in [0.1, 0.15) is 5.56 Å². The third-order valence-corrected chi connectivity index (χ3v) is 5.65. The number of piperazine rings is 1. The fourth-order valence-electron chi connectivity index (χ4n) is 4.04. The van der Waals surface area contributed by atoms with Crippen molar-refractivity contribution in [3.63, 3.8) is 0 Å². The number of urea groups is 1. The SMILES string of the molecule is C=CCN1CCN(C2=NC3C(C(=O)NC(=O)N3C)N2Cc2ccc(F)cc2)CC1. The van der Waals surface area contributed by atoms with E-state index in [9.17, 15) is 14.0 Å². The number of nitrogens with one attached hydrogen (secondary N) is 1. The molecule has 0 spiro atoms. The van der Waals surface area contributed by atoms with Crippen molar-refractivity contribution in [2.45, 2.75) is 18.8 Å². The lowest BCUT2D eigenvalue weighted by molar-refractivity contribution is -0.127. The van der Waals surface area contributed by atoms with Crippen molar-refractivity contribution in [2.75, 3.05) is 39.8 Å². The molecule has 3 aliphatic heterocycles. The number of guanidine groups is 1. The molecule has 2 unspecified atom stereocenters. The van der Waals surface area contributed by atoms with Crippen LogP contribution in [-0.2, 0) is 11.3 Å². The molecule has 0 bridgehead atoms. The number of imide groups is 1. The van der Waals surface area contributed by atoms with Crippen LogP contribution in [0.5, 0.6) is 0 Å². The Hall–Kier alpha value is -2.94. The summed E-state index contributed by atoms with van der Waals surface area (Å²) in [7, 11) is 1.64. The van der Waals surface area contributed by atoms with Crippen LogP contribution in [0.4, 0.5) is 9.18 Å². The Labute approximate surface area is 169 Å². The molecule has 0 aromatic heterocycles. The Morgan fingerprint density at radius 1 is 1.21 bits per heavy atom. The number of aliphatic imine (C=N–C) groups is 1. The van der Waals surface area contributed by atoms with E-state index in [2.05, 4.69) is 21.7 Å². The maximum atomic E-state index is 13.3. The van der Waals surface area contributed by atoms with Crippen molar-refractivity contribution in [3.8, 4) is 0 Å². The summed E-state index contributed by atoms with van der Waals surface area (Å²) in [5.74, 6) is 0.0459. The first-order valence-electron chi connectivity index (χ1n) is 9.72. The highest BCUT2D eigenvalue weighted by Gasteiger charge is 2.49. The number of fused-ring (bicyclic) bond motifs is 1. The normalized spacial score (nSPS) is 25.0. The predicted octanol–water partition coefficient (Wildman–Crippen LogP) is 0.677. The monoisotopic (exact) mass is 400 g/mol. The van der Waals surface area contributed by atoms with Crippen molar-refractivity contribution >= 4 is 17.9 Å². The number of amides is 3. The average Bonchev–Trinajstić information content (AvgIpc) is 3.09. The second-order valence-corrected chi connectivity index (χ2v) is 7.52. The van der Waals surface area contributed by atoms with E-state index in [1.807, 2.05) is 11.0 Å². The molecule has 9 heteroatoms. The van der Waals surface area contributed by atoms with Gasteiger partial charge in [0.1, 0.15) is 5.82 Å². The topological polar surface area (TPSA) is 71.5 Å². The van der Waals surface area contributed by atoms with Gasteiger partial charge in [-0.1, -0.05) is 18.2 Å². The molecule has 1 aromatic rings. The van der Waals surface area contributed by atoms with Crippen LogP contribution in [-0.4, -0.2) is 89.5 Å². The molecule has 3 amide bonds. The lowest BCUT2D eigenvalue weighted by Gasteiger charge is -2.40. The number of hydrogen-bond acceptors (Lipinski definition) is 6. The van der Waals surface area contributed by atoms with Crippen LogP contribution >= 0.6 is 0 Å².